The van der Waals surface area contributed by atoms with Gasteiger partial charge in [-0.2, -0.15) is 0 Å². The molecule has 0 spiro atoms. The third-order valence-corrected chi connectivity index (χ3v) is 3.56. The van der Waals surface area contributed by atoms with E-state index in [0.717, 1.165) is 11.6 Å². The molecule has 4 N–H and O–H groups in total. The number of hydrogen-bond acceptors (Lipinski definition) is 4. The largest absolute Gasteiger partial charge is 0.444 e. The smallest absolute Gasteiger partial charge is 0.408 e. The normalized spacial score (nSPS) is 12.1. The molecule has 0 aliphatic heterocycles. The minimum absolute atomic E-state index is 0.0132. The predicted molar refractivity (Wildman–Crippen MR) is 103 cm³/mol. The maximum absolute atomic E-state index is 13.6. The van der Waals surface area contributed by atoms with Gasteiger partial charge in [0.05, 0.1) is 5.69 Å². The van der Waals surface area contributed by atoms with Crippen LogP contribution in [-0.2, 0) is 16.0 Å². The van der Waals surface area contributed by atoms with E-state index >= 15 is 0 Å². The van der Waals surface area contributed by atoms with E-state index in [1.165, 1.54) is 12.1 Å². The van der Waals surface area contributed by atoms with E-state index in [1.807, 2.05) is 30.3 Å². The van der Waals surface area contributed by atoms with E-state index in [9.17, 15) is 14.0 Å². The summed E-state index contributed by atoms with van der Waals surface area (Å²) in [6, 6.07) is 12.3. The molecule has 144 valence electrons. The first kappa shape index (κ1) is 20.2. The molecule has 2 aromatic carbocycles. The Kier molecular flexibility index (Phi) is 6.39. The number of amides is 2. The molecule has 27 heavy (non-hydrogen) atoms. The van der Waals surface area contributed by atoms with Crippen molar-refractivity contribution in [2.24, 2.45) is 0 Å². The van der Waals surface area contributed by atoms with Crippen molar-refractivity contribution >= 4 is 23.4 Å². The van der Waals surface area contributed by atoms with Crippen molar-refractivity contribution in [2.75, 3.05) is 11.1 Å². The second-order valence-corrected chi connectivity index (χ2v) is 7.11. The summed E-state index contributed by atoms with van der Waals surface area (Å²) >= 11 is 0. The summed E-state index contributed by atoms with van der Waals surface area (Å²) in [6.07, 6.45) is -0.453. The number of nitrogen functional groups attached to an aromatic ring is 1. The monoisotopic (exact) mass is 373 g/mol. The van der Waals surface area contributed by atoms with Gasteiger partial charge in [-0.3, -0.25) is 4.79 Å². The SMILES string of the molecule is CC(C)(C)OC(=O)N[C@@H](Cc1ccccc1)C(=O)Nc1ccc(N)c(F)c1. The fourth-order valence-electron chi connectivity index (χ4n) is 2.34. The minimum Gasteiger partial charge on any atom is -0.444 e. The molecule has 2 amide bonds. The Labute approximate surface area is 157 Å². The molecular weight excluding hydrogens is 349 g/mol. The van der Waals surface area contributed by atoms with Crippen molar-refractivity contribution in [1.82, 2.24) is 5.32 Å². The zero-order valence-corrected chi connectivity index (χ0v) is 15.6. The second kappa shape index (κ2) is 8.53. The maximum atomic E-state index is 13.6. The van der Waals surface area contributed by atoms with Gasteiger partial charge in [0.15, 0.2) is 0 Å². The summed E-state index contributed by atoms with van der Waals surface area (Å²) in [5.41, 5.74) is 5.84. The summed E-state index contributed by atoms with van der Waals surface area (Å²) in [7, 11) is 0. The number of alkyl carbamates (subject to hydrolysis) is 1. The number of carbonyl (C=O) groups excluding carboxylic acids is 2. The highest BCUT2D eigenvalue weighted by Gasteiger charge is 2.25. The van der Waals surface area contributed by atoms with Crippen LogP contribution in [0.5, 0.6) is 0 Å². The van der Waals surface area contributed by atoms with Crippen LogP contribution < -0.4 is 16.4 Å². The van der Waals surface area contributed by atoms with Gasteiger partial charge in [0.25, 0.3) is 0 Å². The van der Waals surface area contributed by atoms with E-state index in [2.05, 4.69) is 10.6 Å². The van der Waals surface area contributed by atoms with E-state index in [1.54, 1.807) is 20.8 Å². The average Bonchev–Trinajstić information content (AvgIpc) is 2.57. The first-order valence-corrected chi connectivity index (χ1v) is 8.53. The third kappa shape index (κ3) is 6.62. The quantitative estimate of drug-likeness (QED) is 0.700. The zero-order valence-electron chi connectivity index (χ0n) is 15.6. The Bertz CT molecular complexity index is 804. The molecule has 0 aliphatic rings. The van der Waals surface area contributed by atoms with Crippen molar-refractivity contribution in [3.63, 3.8) is 0 Å². The van der Waals surface area contributed by atoms with Crippen LogP contribution in [0, 0.1) is 5.82 Å². The molecule has 0 aliphatic carbocycles. The van der Waals surface area contributed by atoms with Crippen molar-refractivity contribution in [3.05, 3.63) is 59.9 Å². The van der Waals surface area contributed by atoms with Gasteiger partial charge in [-0.15, -0.1) is 0 Å². The fourth-order valence-corrected chi connectivity index (χ4v) is 2.34. The van der Waals surface area contributed by atoms with E-state index in [4.69, 9.17) is 10.5 Å². The number of ether oxygens (including phenoxy) is 1. The van der Waals surface area contributed by atoms with Gasteiger partial charge in [-0.25, -0.2) is 9.18 Å². The van der Waals surface area contributed by atoms with Crippen LogP contribution in [0.3, 0.4) is 0 Å². The number of nitrogens with one attached hydrogen (secondary N) is 2. The van der Waals surface area contributed by atoms with E-state index < -0.39 is 29.5 Å². The Morgan fingerprint density at radius 2 is 1.81 bits per heavy atom. The van der Waals surface area contributed by atoms with Crippen molar-refractivity contribution in [2.45, 2.75) is 38.8 Å². The number of benzene rings is 2. The highest BCUT2D eigenvalue weighted by atomic mass is 19.1. The Morgan fingerprint density at radius 1 is 1.15 bits per heavy atom. The first-order valence-electron chi connectivity index (χ1n) is 8.53. The molecule has 0 radical (unpaired) electrons. The van der Waals surface area contributed by atoms with Gasteiger partial charge in [0.2, 0.25) is 5.91 Å². The maximum Gasteiger partial charge on any atom is 0.408 e. The van der Waals surface area contributed by atoms with Crippen molar-refractivity contribution in [3.8, 4) is 0 Å². The molecule has 2 rings (SSSR count). The second-order valence-electron chi connectivity index (χ2n) is 7.11. The zero-order chi connectivity index (χ0) is 20.0. The topological polar surface area (TPSA) is 93.4 Å². The van der Waals surface area contributed by atoms with E-state index in [-0.39, 0.29) is 17.8 Å². The van der Waals surface area contributed by atoms with Crippen LogP contribution in [0.25, 0.3) is 0 Å². The van der Waals surface area contributed by atoms with Crippen LogP contribution in [-0.4, -0.2) is 23.6 Å². The van der Waals surface area contributed by atoms with Crippen LogP contribution >= 0.6 is 0 Å². The first-order chi connectivity index (χ1) is 12.6. The number of hydrogen-bond donors (Lipinski definition) is 3. The van der Waals surface area contributed by atoms with Gasteiger partial charge in [0.1, 0.15) is 17.5 Å². The third-order valence-electron chi connectivity index (χ3n) is 3.56. The van der Waals surface area contributed by atoms with Crippen molar-refractivity contribution < 1.29 is 18.7 Å². The average molecular weight is 373 g/mol. The molecule has 0 saturated carbocycles. The van der Waals surface area contributed by atoms with Gasteiger partial charge in [-0.1, -0.05) is 30.3 Å². The van der Waals surface area contributed by atoms with Crippen LogP contribution in [0.4, 0.5) is 20.6 Å². The fraction of sp³-hybridized carbons (Fsp3) is 0.300. The number of nitrogens with two attached hydrogens (primary N) is 1. The number of carbonyl (C=O) groups is 2. The molecule has 7 heteroatoms. The van der Waals surface area contributed by atoms with Crippen LogP contribution in [0.2, 0.25) is 0 Å². The molecule has 0 fully saturated rings. The number of anilines is 2. The molecule has 1 atom stereocenters. The molecule has 2 aromatic rings. The number of halogens is 1. The molecule has 0 heterocycles. The van der Waals surface area contributed by atoms with Crippen LogP contribution in [0.15, 0.2) is 48.5 Å². The summed E-state index contributed by atoms with van der Waals surface area (Å²) in [5.74, 6) is -1.12. The van der Waals surface area contributed by atoms with Gasteiger partial charge in [-0.05, 0) is 44.5 Å². The lowest BCUT2D eigenvalue weighted by atomic mass is 10.1. The molecule has 0 saturated heterocycles. The van der Waals surface area contributed by atoms with Crippen molar-refractivity contribution in [1.29, 1.82) is 0 Å². The summed E-state index contributed by atoms with van der Waals surface area (Å²) < 4.78 is 18.8. The standard InChI is InChI=1S/C20H24FN3O3/c1-20(2,3)27-19(26)24-17(11-13-7-5-4-6-8-13)18(25)23-14-9-10-16(22)15(21)12-14/h4-10,12,17H,11,22H2,1-3H3,(H,23,25)(H,24,26)/t17-/m0/s1. The minimum atomic E-state index is -0.900. The molecular formula is C20H24FN3O3. The predicted octanol–water partition coefficient (Wildman–Crippen LogP) is 3.48. The lowest BCUT2D eigenvalue weighted by Gasteiger charge is -2.23. The van der Waals surface area contributed by atoms with Crippen LogP contribution in [0.1, 0.15) is 26.3 Å². The highest BCUT2D eigenvalue weighted by Crippen LogP contribution is 2.17. The lowest BCUT2D eigenvalue weighted by molar-refractivity contribution is -0.118. The van der Waals surface area contributed by atoms with Gasteiger partial charge < -0.3 is 21.1 Å². The molecule has 0 bridgehead atoms. The lowest BCUT2D eigenvalue weighted by Crippen LogP contribution is -2.47. The molecule has 0 unspecified atom stereocenters. The summed E-state index contributed by atoms with van der Waals surface area (Å²) in [5, 5.41) is 5.17. The molecule has 6 nitrogen and oxygen atoms in total. The van der Waals surface area contributed by atoms with E-state index in [0.29, 0.717) is 0 Å². The Morgan fingerprint density at radius 3 is 2.41 bits per heavy atom. The summed E-state index contributed by atoms with van der Waals surface area (Å²) in [4.78, 5) is 24.8. The Balaban J connectivity index is 2.15. The Hall–Kier alpha value is -3.09. The van der Waals surface area contributed by atoms with Gasteiger partial charge in [0, 0.05) is 12.1 Å². The summed E-state index contributed by atoms with van der Waals surface area (Å²) in [6.45, 7) is 5.20. The number of rotatable bonds is 5. The highest BCUT2D eigenvalue weighted by molar-refractivity contribution is 5.96. The van der Waals surface area contributed by atoms with Gasteiger partial charge >= 0.3 is 6.09 Å². The molecule has 0 aromatic heterocycles.